The maximum Gasteiger partial charge on any atom is 0.126 e. The van der Waals surface area contributed by atoms with E-state index in [0.29, 0.717) is 6.42 Å². The largest absolute Gasteiger partial charge is 0.488 e. The predicted molar refractivity (Wildman–Crippen MR) is 76.3 cm³/mol. The van der Waals surface area contributed by atoms with Crippen LogP contribution in [0.5, 0.6) is 11.5 Å². The van der Waals surface area contributed by atoms with Gasteiger partial charge >= 0.3 is 0 Å². The second kappa shape index (κ2) is 5.21. The lowest BCUT2D eigenvalue weighted by Gasteiger charge is -2.25. The molecule has 0 aliphatic rings. The van der Waals surface area contributed by atoms with Gasteiger partial charge in [0.15, 0.2) is 0 Å². The Hall–Kier alpha value is -1.18. The lowest BCUT2D eigenvalue weighted by atomic mass is 10.1. The van der Waals surface area contributed by atoms with Crippen LogP contribution in [-0.4, -0.2) is 11.2 Å². The Labute approximate surface area is 111 Å². The first kappa shape index (κ1) is 14.9. The lowest BCUT2D eigenvalue weighted by molar-refractivity contribution is 0.120. The Kier molecular flexibility index (Phi) is 4.31. The van der Waals surface area contributed by atoms with Crippen molar-refractivity contribution in [3.63, 3.8) is 0 Å². The molecule has 1 aromatic carbocycles. The molecule has 2 heteroatoms. The molecule has 0 saturated heterocycles. The van der Waals surface area contributed by atoms with E-state index in [1.54, 1.807) is 0 Å². The first-order valence-corrected chi connectivity index (χ1v) is 6.41. The Bertz CT molecular complexity index is 395. The van der Waals surface area contributed by atoms with E-state index in [4.69, 9.17) is 9.47 Å². The van der Waals surface area contributed by atoms with Gasteiger partial charge in [-0.05, 0) is 66.5 Å². The van der Waals surface area contributed by atoms with Crippen LogP contribution in [0.3, 0.4) is 0 Å². The molecule has 0 unspecified atom stereocenters. The lowest BCUT2D eigenvalue weighted by Crippen LogP contribution is -2.25. The third-order valence-electron chi connectivity index (χ3n) is 2.15. The highest BCUT2D eigenvalue weighted by atomic mass is 16.5. The molecule has 1 rings (SSSR count). The van der Waals surface area contributed by atoms with Gasteiger partial charge in [-0.25, -0.2) is 0 Å². The monoisotopic (exact) mass is 249 g/mol. The van der Waals surface area contributed by atoms with E-state index in [-0.39, 0.29) is 11.2 Å². The first-order chi connectivity index (χ1) is 8.11. The third kappa shape index (κ3) is 4.99. The number of hydrogen-bond donors (Lipinski definition) is 0. The molecule has 18 heavy (non-hydrogen) atoms. The molecule has 1 radical (unpaired) electrons. The van der Waals surface area contributed by atoms with Gasteiger partial charge in [-0.2, -0.15) is 0 Å². The predicted octanol–water partition coefficient (Wildman–Crippen LogP) is 4.42. The molecule has 0 bridgehead atoms. The van der Waals surface area contributed by atoms with Gasteiger partial charge in [0.1, 0.15) is 22.7 Å². The van der Waals surface area contributed by atoms with Crippen LogP contribution in [0.25, 0.3) is 0 Å². The van der Waals surface area contributed by atoms with Gasteiger partial charge in [0, 0.05) is 6.07 Å². The summed E-state index contributed by atoms with van der Waals surface area (Å²) in [5.41, 5.74) is 0.682. The van der Waals surface area contributed by atoms with Gasteiger partial charge in [-0.3, -0.25) is 0 Å². The summed E-state index contributed by atoms with van der Waals surface area (Å²) >= 11 is 0. The smallest absolute Gasteiger partial charge is 0.126 e. The van der Waals surface area contributed by atoms with E-state index in [0.717, 1.165) is 17.1 Å². The first-order valence-electron chi connectivity index (χ1n) is 6.41. The summed E-state index contributed by atoms with van der Waals surface area (Å²) in [6.45, 7) is 16.1. The standard InChI is InChI=1S/C16H25O2/c1-8-12-9-10-13(17-15(2,3)4)11-14(12)18-16(5,6)7/h9-11H,1,8H2,2-7H3. The van der Waals surface area contributed by atoms with E-state index in [2.05, 4.69) is 6.92 Å². The van der Waals surface area contributed by atoms with Crippen molar-refractivity contribution in [3.8, 4) is 11.5 Å². The molecule has 0 amide bonds. The summed E-state index contributed by atoms with van der Waals surface area (Å²) in [5, 5.41) is 0. The molecule has 2 nitrogen and oxygen atoms in total. The number of hydrogen-bond acceptors (Lipinski definition) is 2. The van der Waals surface area contributed by atoms with Crippen LogP contribution in [0.1, 0.15) is 47.1 Å². The molecule has 0 fully saturated rings. The minimum Gasteiger partial charge on any atom is -0.488 e. The summed E-state index contributed by atoms with van der Waals surface area (Å²) in [5.74, 6) is 1.69. The van der Waals surface area contributed by atoms with Crippen LogP contribution >= 0.6 is 0 Å². The fraction of sp³-hybridized carbons (Fsp3) is 0.562. The summed E-state index contributed by atoms with van der Waals surface area (Å²) in [7, 11) is 0. The van der Waals surface area contributed by atoms with E-state index in [1.165, 1.54) is 0 Å². The van der Waals surface area contributed by atoms with Crippen molar-refractivity contribution < 1.29 is 9.47 Å². The molecule has 0 aliphatic carbocycles. The van der Waals surface area contributed by atoms with Crippen LogP contribution in [0.15, 0.2) is 18.2 Å². The van der Waals surface area contributed by atoms with Crippen molar-refractivity contribution in [2.45, 2.75) is 59.2 Å². The number of ether oxygens (including phenoxy) is 2. The summed E-state index contributed by atoms with van der Waals surface area (Å²) in [4.78, 5) is 0. The average molecular weight is 249 g/mol. The van der Waals surface area contributed by atoms with Crippen molar-refractivity contribution in [1.29, 1.82) is 0 Å². The van der Waals surface area contributed by atoms with Crippen molar-refractivity contribution in [1.82, 2.24) is 0 Å². The Morgan fingerprint density at radius 3 is 1.94 bits per heavy atom. The zero-order valence-corrected chi connectivity index (χ0v) is 12.5. The van der Waals surface area contributed by atoms with Crippen molar-refractivity contribution >= 4 is 0 Å². The summed E-state index contributed by atoms with van der Waals surface area (Å²) in [6, 6.07) is 5.95. The summed E-state index contributed by atoms with van der Waals surface area (Å²) in [6.07, 6.45) is 0.710. The minimum absolute atomic E-state index is 0.203. The highest BCUT2D eigenvalue weighted by molar-refractivity contribution is 5.41. The highest BCUT2D eigenvalue weighted by Crippen LogP contribution is 2.30. The minimum atomic E-state index is -0.218. The van der Waals surface area contributed by atoms with Crippen LogP contribution in [-0.2, 0) is 6.42 Å². The maximum absolute atomic E-state index is 5.96. The molecule has 0 aromatic heterocycles. The van der Waals surface area contributed by atoms with Gasteiger partial charge in [-0.15, -0.1) is 0 Å². The third-order valence-corrected chi connectivity index (χ3v) is 2.15. The van der Waals surface area contributed by atoms with E-state index >= 15 is 0 Å². The molecule has 101 valence electrons. The van der Waals surface area contributed by atoms with E-state index in [1.807, 2.05) is 59.7 Å². The molecule has 1 aromatic rings. The van der Waals surface area contributed by atoms with Gasteiger partial charge in [0.25, 0.3) is 0 Å². The molecule has 0 aliphatic heterocycles. The molecule has 0 heterocycles. The maximum atomic E-state index is 5.96. The molecular weight excluding hydrogens is 224 g/mol. The van der Waals surface area contributed by atoms with Crippen LogP contribution in [0.4, 0.5) is 0 Å². The molecule has 0 saturated carbocycles. The Morgan fingerprint density at radius 2 is 1.50 bits per heavy atom. The van der Waals surface area contributed by atoms with Crippen LogP contribution < -0.4 is 9.47 Å². The molecule has 0 N–H and O–H groups in total. The van der Waals surface area contributed by atoms with Crippen LogP contribution in [0, 0.1) is 6.92 Å². The van der Waals surface area contributed by atoms with Gasteiger partial charge < -0.3 is 9.47 Å². The Morgan fingerprint density at radius 1 is 0.944 bits per heavy atom. The Balaban J connectivity index is 3.02. The zero-order valence-electron chi connectivity index (χ0n) is 12.5. The molecular formula is C16H25O2. The number of benzene rings is 1. The normalized spacial score (nSPS) is 12.4. The van der Waals surface area contributed by atoms with E-state index < -0.39 is 0 Å². The van der Waals surface area contributed by atoms with Crippen LogP contribution in [0.2, 0.25) is 0 Å². The molecule has 0 spiro atoms. The quantitative estimate of drug-likeness (QED) is 0.789. The fourth-order valence-corrected chi connectivity index (χ4v) is 1.58. The second-order valence-corrected chi connectivity index (χ2v) is 6.45. The topological polar surface area (TPSA) is 18.5 Å². The average Bonchev–Trinajstić information content (AvgIpc) is 2.12. The highest BCUT2D eigenvalue weighted by Gasteiger charge is 2.17. The molecule has 0 atom stereocenters. The van der Waals surface area contributed by atoms with Gasteiger partial charge in [0.05, 0.1) is 0 Å². The number of rotatable bonds is 3. The van der Waals surface area contributed by atoms with Gasteiger partial charge in [0.2, 0.25) is 0 Å². The van der Waals surface area contributed by atoms with E-state index in [9.17, 15) is 0 Å². The van der Waals surface area contributed by atoms with Crippen molar-refractivity contribution in [3.05, 3.63) is 30.7 Å². The SMILES string of the molecule is [CH2]Cc1ccc(OC(C)(C)C)cc1OC(C)(C)C. The van der Waals surface area contributed by atoms with Crippen molar-refractivity contribution in [2.24, 2.45) is 0 Å². The van der Waals surface area contributed by atoms with Gasteiger partial charge in [-0.1, -0.05) is 6.07 Å². The van der Waals surface area contributed by atoms with Crippen molar-refractivity contribution in [2.75, 3.05) is 0 Å². The second-order valence-electron chi connectivity index (χ2n) is 6.45. The fourth-order valence-electron chi connectivity index (χ4n) is 1.58. The summed E-state index contributed by atoms with van der Waals surface area (Å²) < 4.78 is 11.8. The zero-order chi connectivity index (χ0) is 14.0.